The molecular formula is C33H23N. The summed E-state index contributed by atoms with van der Waals surface area (Å²) < 4.78 is 2.40. The van der Waals surface area contributed by atoms with Crippen molar-refractivity contribution in [2.24, 2.45) is 0 Å². The minimum atomic E-state index is 1.18. The first-order valence-corrected chi connectivity index (χ1v) is 11.8. The van der Waals surface area contributed by atoms with E-state index >= 15 is 0 Å². The fourth-order valence-electron chi connectivity index (χ4n) is 5.55. The highest BCUT2D eigenvalue weighted by molar-refractivity contribution is 6.21. The number of hydrogen-bond acceptors (Lipinski definition) is 0. The minimum absolute atomic E-state index is 1.18. The molecule has 0 aliphatic heterocycles. The Bertz CT molecular complexity index is 1850. The molecule has 0 fully saturated rings. The summed E-state index contributed by atoms with van der Waals surface area (Å²) in [5.41, 5.74) is 7.53. The van der Waals surface area contributed by atoms with E-state index in [2.05, 4.69) is 133 Å². The van der Waals surface area contributed by atoms with Gasteiger partial charge in [0.1, 0.15) is 0 Å². The number of rotatable bonds is 2. The van der Waals surface area contributed by atoms with E-state index in [0.29, 0.717) is 0 Å². The van der Waals surface area contributed by atoms with Gasteiger partial charge in [0.2, 0.25) is 0 Å². The number of para-hydroxylation sites is 1. The van der Waals surface area contributed by atoms with Crippen LogP contribution < -0.4 is 0 Å². The van der Waals surface area contributed by atoms with Gasteiger partial charge in [-0.1, -0.05) is 97.1 Å². The molecule has 0 amide bonds. The molecule has 0 bridgehead atoms. The zero-order valence-corrected chi connectivity index (χ0v) is 19.0. The van der Waals surface area contributed by atoms with E-state index in [1.165, 1.54) is 65.7 Å². The van der Waals surface area contributed by atoms with Crippen LogP contribution in [0.3, 0.4) is 0 Å². The summed E-state index contributed by atoms with van der Waals surface area (Å²) >= 11 is 0. The molecule has 0 saturated heterocycles. The van der Waals surface area contributed by atoms with Crippen molar-refractivity contribution in [3.8, 4) is 16.8 Å². The van der Waals surface area contributed by atoms with E-state index in [-0.39, 0.29) is 0 Å². The molecule has 1 heterocycles. The van der Waals surface area contributed by atoms with E-state index in [9.17, 15) is 0 Å². The fourth-order valence-corrected chi connectivity index (χ4v) is 5.55. The lowest BCUT2D eigenvalue weighted by atomic mass is 9.95. The predicted molar refractivity (Wildman–Crippen MR) is 146 cm³/mol. The van der Waals surface area contributed by atoms with Gasteiger partial charge in [0.15, 0.2) is 0 Å². The van der Waals surface area contributed by atoms with Crippen molar-refractivity contribution in [2.45, 2.75) is 6.92 Å². The van der Waals surface area contributed by atoms with E-state index in [1.807, 2.05) is 0 Å². The van der Waals surface area contributed by atoms with Crippen LogP contribution in [0.4, 0.5) is 0 Å². The largest absolute Gasteiger partial charge is 0.309 e. The van der Waals surface area contributed by atoms with E-state index in [0.717, 1.165) is 0 Å². The highest BCUT2D eigenvalue weighted by Crippen LogP contribution is 2.37. The monoisotopic (exact) mass is 433 g/mol. The second-order valence-corrected chi connectivity index (χ2v) is 9.04. The summed E-state index contributed by atoms with van der Waals surface area (Å²) in [4.78, 5) is 0. The van der Waals surface area contributed by atoms with Crippen molar-refractivity contribution in [3.63, 3.8) is 0 Å². The summed E-state index contributed by atoms with van der Waals surface area (Å²) in [6, 6.07) is 44.0. The van der Waals surface area contributed by atoms with Crippen LogP contribution in [-0.4, -0.2) is 4.57 Å². The minimum Gasteiger partial charge on any atom is -0.309 e. The Hall–Kier alpha value is -4.36. The summed E-state index contributed by atoms with van der Waals surface area (Å²) in [5, 5.41) is 7.81. The maximum Gasteiger partial charge on any atom is 0.0547 e. The highest BCUT2D eigenvalue weighted by atomic mass is 15.0. The van der Waals surface area contributed by atoms with Crippen molar-refractivity contribution in [3.05, 3.63) is 127 Å². The zero-order chi connectivity index (χ0) is 22.6. The van der Waals surface area contributed by atoms with Crippen LogP contribution in [0.5, 0.6) is 0 Å². The number of fused-ring (bicyclic) bond motifs is 6. The zero-order valence-electron chi connectivity index (χ0n) is 19.0. The normalized spacial score (nSPS) is 11.7. The molecule has 160 valence electrons. The molecule has 0 aliphatic carbocycles. The molecule has 7 rings (SSSR count). The molecule has 1 nitrogen and oxygen atoms in total. The van der Waals surface area contributed by atoms with Gasteiger partial charge in [0.25, 0.3) is 0 Å². The predicted octanol–water partition coefficient (Wildman–Crippen LogP) is 9.07. The average molecular weight is 434 g/mol. The average Bonchev–Trinajstić information content (AvgIpc) is 3.24. The standard InChI is InChI=1S/C33H23N/c1-22-27-10-4-2-8-23(27)16-20-28(22)25-14-18-26(19-15-25)34-31-13-7-6-12-30(31)33-29-11-5-3-9-24(29)17-21-32(33)34/h2-21H,1H3. The molecule has 0 radical (unpaired) electrons. The van der Waals surface area contributed by atoms with Gasteiger partial charge in [0.05, 0.1) is 11.0 Å². The van der Waals surface area contributed by atoms with Crippen LogP contribution in [0.1, 0.15) is 5.56 Å². The summed E-state index contributed by atoms with van der Waals surface area (Å²) in [6.45, 7) is 2.23. The Kier molecular flexibility index (Phi) is 4.13. The maximum atomic E-state index is 2.40. The number of aromatic nitrogens is 1. The lowest BCUT2D eigenvalue weighted by Crippen LogP contribution is -1.94. The van der Waals surface area contributed by atoms with Crippen LogP contribution >= 0.6 is 0 Å². The summed E-state index contributed by atoms with van der Waals surface area (Å²) in [7, 11) is 0. The Morgan fingerprint density at radius 3 is 1.88 bits per heavy atom. The molecule has 34 heavy (non-hydrogen) atoms. The van der Waals surface area contributed by atoms with Crippen molar-refractivity contribution in [2.75, 3.05) is 0 Å². The van der Waals surface area contributed by atoms with Gasteiger partial charge in [-0.2, -0.15) is 0 Å². The molecule has 0 saturated carbocycles. The molecule has 0 atom stereocenters. The topological polar surface area (TPSA) is 4.93 Å². The third-order valence-corrected chi connectivity index (χ3v) is 7.20. The Morgan fingerprint density at radius 1 is 0.471 bits per heavy atom. The Labute approximate surface area is 198 Å². The molecule has 0 aliphatic rings. The van der Waals surface area contributed by atoms with Crippen LogP contribution in [0.15, 0.2) is 121 Å². The number of aryl methyl sites for hydroxylation is 1. The van der Waals surface area contributed by atoms with Gasteiger partial charge >= 0.3 is 0 Å². The van der Waals surface area contributed by atoms with E-state index in [4.69, 9.17) is 0 Å². The Balaban J connectivity index is 1.44. The molecule has 1 heteroatoms. The molecule has 7 aromatic rings. The smallest absolute Gasteiger partial charge is 0.0547 e. The van der Waals surface area contributed by atoms with Gasteiger partial charge in [-0.15, -0.1) is 0 Å². The second kappa shape index (κ2) is 7.33. The third kappa shape index (κ3) is 2.74. The quantitative estimate of drug-likeness (QED) is 0.256. The first-order valence-electron chi connectivity index (χ1n) is 11.8. The molecule has 0 spiro atoms. The molecule has 0 unspecified atom stereocenters. The molecule has 1 aromatic heterocycles. The van der Waals surface area contributed by atoms with Gasteiger partial charge in [-0.3, -0.25) is 0 Å². The Morgan fingerprint density at radius 2 is 1.09 bits per heavy atom. The second-order valence-electron chi connectivity index (χ2n) is 9.04. The van der Waals surface area contributed by atoms with E-state index in [1.54, 1.807) is 0 Å². The molecular weight excluding hydrogens is 410 g/mol. The maximum absolute atomic E-state index is 2.40. The fraction of sp³-hybridized carbons (Fsp3) is 0.0303. The van der Waals surface area contributed by atoms with Crippen molar-refractivity contribution in [1.29, 1.82) is 0 Å². The SMILES string of the molecule is Cc1c(-c2ccc(-n3c4ccccc4c4c5ccccc5ccc43)cc2)ccc2ccccc12. The van der Waals surface area contributed by atoms with Crippen LogP contribution in [0, 0.1) is 6.92 Å². The van der Waals surface area contributed by atoms with Gasteiger partial charge in [-0.25, -0.2) is 0 Å². The van der Waals surface area contributed by atoms with Crippen LogP contribution in [0.2, 0.25) is 0 Å². The van der Waals surface area contributed by atoms with Crippen LogP contribution in [0.25, 0.3) is 60.2 Å². The van der Waals surface area contributed by atoms with Crippen molar-refractivity contribution < 1.29 is 0 Å². The van der Waals surface area contributed by atoms with Crippen molar-refractivity contribution in [1.82, 2.24) is 4.57 Å². The van der Waals surface area contributed by atoms with Gasteiger partial charge in [0, 0.05) is 16.5 Å². The molecule has 0 N–H and O–H groups in total. The first-order chi connectivity index (χ1) is 16.8. The van der Waals surface area contributed by atoms with E-state index < -0.39 is 0 Å². The van der Waals surface area contributed by atoms with Gasteiger partial charge < -0.3 is 4.57 Å². The number of hydrogen-bond donors (Lipinski definition) is 0. The molecule has 6 aromatic carbocycles. The number of nitrogens with zero attached hydrogens (tertiary/aromatic N) is 1. The first kappa shape index (κ1) is 19.1. The summed E-state index contributed by atoms with van der Waals surface area (Å²) in [6.07, 6.45) is 0. The van der Waals surface area contributed by atoms with Crippen LogP contribution in [-0.2, 0) is 0 Å². The summed E-state index contributed by atoms with van der Waals surface area (Å²) in [5.74, 6) is 0. The highest BCUT2D eigenvalue weighted by Gasteiger charge is 2.14. The van der Waals surface area contributed by atoms with Crippen molar-refractivity contribution >= 4 is 43.4 Å². The third-order valence-electron chi connectivity index (χ3n) is 7.20. The lowest BCUT2D eigenvalue weighted by molar-refractivity contribution is 1.18. The lowest BCUT2D eigenvalue weighted by Gasteiger charge is -2.12. The van der Waals surface area contributed by atoms with Gasteiger partial charge in [-0.05, 0) is 69.4 Å². The number of benzene rings is 6.